The fourth-order valence-corrected chi connectivity index (χ4v) is 9.75. The Balaban J connectivity index is 3.81. The predicted octanol–water partition coefficient (Wildman–Crippen LogP) is 19.0. The molecule has 4 nitrogen and oxygen atoms in total. The van der Waals surface area contributed by atoms with Crippen molar-refractivity contribution in [3.63, 3.8) is 0 Å². The van der Waals surface area contributed by atoms with E-state index in [0.717, 1.165) is 44.9 Å². The molecular weight excluding hydrogens is 706 g/mol. The van der Waals surface area contributed by atoms with E-state index in [-0.39, 0.29) is 0 Å². The molecule has 0 amide bonds. The van der Waals surface area contributed by atoms with Crippen LogP contribution in [0.25, 0.3) is 0 Å². The smallest absolute Gasteiger partial charge is 0.312 e. The van der Waals surface area contributed by atoms with Gasteiger partial charge in [-0.25, -0.2) is 9.24 Å². The van der Waals surface area contributed by atoms with Crippen molar-refractivity contribution in [2.75, 3.05) is 19.7 Å². The van der Waals surface area contributed by atoms with Gasteiger partial charge in [0.05, 0.1) is 6.61 Å². The van der Waals surface area contributed by atoms with Gasteiger partial charge in [0.1, 0.15) is 0 Å². The van der Waals surface area contributed by atoms with Crippen LogP contribution in [-0.4, -0.2) is 29.3 Å². The van der Waals surface area contributed by atoms with E-state index in [9.17, 15) is 9.46 Å². The van der Waals surface area contributed by atoms with Crippen LogP contribution in [0.5, 0.6) is 0 Å². The Morgan fingerprint density at radius 2 is 0.482 bits per heavy atom. The van der Waals surface area contributed by atoms with Crippen LogP contribution in [0.3, 0.4) is 0 Å². The van der Waals surface area contributed by atoms with Crippen LogP contribution in [0.2, 0.25) is 0 Å². The Morgan fingerprint density at radius 3 is 0.696 bits per heavy atom. The van der Waals surface area contributed by atoms with E-state index in [2.05, 4.69) is 20.8 Å². The number of hydrogen-bond acceptors (Lipinski definition) is 2. The van der Waals surface area contributed by atoms with Crippen molar-refractivity contribution >= 4 is 7.75 Å². The van der Waals surface area contributed by atoms with Gasteiger partial charge in [-0.2, -0.15) is 0 Å². The van der Waals surface area contributed by atoms with E-state index in [1.165, 1.54) is 244 Å². The Bertz CT molecular complexity index is 717. The van der Waals surface area contributed by atoms with Crippen molar-refractivity contribution in [2.24, 2.45) is 0 Å². The lowest BCUT2D eigenvalue weighted by Gasteiger charge is -2.26. The molecule has 0 spiro atoms. The highest BCUT2D eigenvalue weighted by molar-refractivity contribution is 7.50. The number of unbranched alkanes of at least 4 members (excludes halogenated alkanes) is 42. The highest BCUT2D eigenvalue weighted by Crippen LogP contribution is 2.47. The van der Waals surface area contributed by atoms with Gasteiger partial charge >= 0.3 is 7.75 Å². The van der Waals surface area contributed by atoms with Crippen LogP contribution < -0.4 is 0 Å². The molecule has 56 heavy (non-hydrogen) atoms. The van der Waals surface area contributed by atoms with Crippen molar-refractivity contribution in [3.05, 3.63) is 0 Å². The molecule has 0 fully saturated rings. The summed E-state index contributed by atoms with van der Waals surface area (Å²) >= 11 is 0. The Labute approximate surface area is 354 Å². The maximum Gasteiger partial charge on any atom is 0.405 e. The molecule has 1 unspecified atom stereocenters. The van der Waals surface area contributed by atoms with Gasteiger partial charge in [-0.15, -0.1) is 0 Å². The molecule has 0 heterocycles. The van der Waals surface area contributed by atoms with Crippen LogP contribution in [-0.2, 0) is 9.09 Å². The summed E-state index contributed by atoms with van der Waals surface area (Å²) in [6.07, 6.45) is 60.9. The molecule has 0 saturated heterocycles. The zero-order chi connectivity index (χ0) is 40.7. The van der Waals surface area contributed by atoms with Crippen molar-refractivity contribution in [2.45, 2.75) is 310 Å². The minimum absolute atomic E-state index is 0.400. The first-order chi connectivity index (χ1) is 27.6. The van der Waals surface area contributed by atoms with Crippen LogP contribution in [0.4, 0.5) is 0 Å². The van der Waals surface area contributed by atoms with Gasteiger partial charge in [0.15, 0.2) is 0 Å². The molecule has 0 saturated carbocycles. The average molecular weight is 812 g/mol. The van der Waals surface area contributed by atoms with E-state index < -0.39 is 7.75 Å². The molecule has 0 aliphatic carbocycles. The second-order valence-corrected chi connectivity index (χ2v) is 19.9. The molecule has 0 aliphatic rings. The van der Waals surface area contributed by atoms with Gasteiger partial charge < -0.3 is 4.89 Å². The SMILES string of the molecule is CCCCCCCCCCCCCCCCCCCCCCCN(CCCCCCCCCCCCCCCCCCCCCCC)P(=O)(O)OCCCCC. The lowest BCUT2D eigenvalue weighted by molar-refractivity contribution is 0.194. The molecule has 0 bridgehead atoms. The third-order valence-electron chi connectivity index (χ3n) is 12.4. The second kappa shape index (κ2) is 47.8. The van der Waals surface area contributed by atoms with Crippen molar-refractivity contribution in [1.29, 1.82) is 0 Å². The number of nitrogens with zero attached hydrogens (tertiary/aromatic N) is 1. The lowest BCUT2D eigenvalue weighted by atomic mass is 10.0. The van der Waals surface area contributed by atoms with Crippen LogP contribution in [0.1, 0.15) is 310 Å². The summed E-state index contributed by atoms with van der Waals surface area (Å²) in [5.41, 5.74) is 0. The number of rotatable bonds is 50. The number of hydrogen-bond donors (Lipinski definition) is 1. The fraction of sp³-hybridized carbons (Fsp3) is 1.00. The molecular formula is C51H106NO3P. The largest absolute Gasteiger partial charge is 0.405 e. The first-order valence-corrected chi connectivity index (χ1v) is 27.8. The van der Waals surface area contributed by atoms with Gasteiger partial charge in [0.25, 0.3) is 0 Å². The lowest BCUT2D eigenvalue weighted by Crippen LogP contribution is -2.24. The summed E-state index contributed by atoms with van der Waals surface area (Å²) in [4.78, 5) is 10.9. The molecule has 0 radical (unpaired) electrons. The molecule has 338 valence electrons. The standard InChI is InChI=1S/C51H106NO3P/c1-4-7-10-12-14-16-18-20-22-24-26-28-30-32-34-36-38-40-42-44-46-49-52(56(53,54)55-51-48-9-6-3)50-47-45-43-41-39-37-35-33-31-29-27-25-23-21-19-17-15-13-11-8-5-2/h4-51H2,1-3H3,(H,53,54). The van der Waals surface area contributed by atoms with Gasteiger partial charge in [-0.3, -0.25) is 4.52 Å². The van der Waals surface area contributed by atoms with Crippen molar-refractivity contribution < 1.29 is 14.0 Å². The summed E-state index contributed by atoms with van der Waals surface area (Å²) in [6.45, 7) is 8.55. The van der Waals surface area contributed by atoms with E-state index in [1.807, 2.05) is 4.67 Å². The molecule has 0 aromatic heterocycles. The first kappa shape index (κ1) is 56.1. The maximum absolute atomic E-state index is 13.2. The summed E-state index contributed by atoms with van der Waals surface area (Å²) in [7, 11) is -3.70. The Morgan fingerprint density at radius 1 is 0.304 bits per heavy atom. The third kappa shape index (κ3) is 43.7. The Kier molecular flexibility index (Phi) is 47.9. The summed E-state index contributed by atoms with van der Waals surface area (Å²) in [5.74, 6) is 0. The zero-order valence-electron chi connectivity index (χ0n) is 39.1. The molecule has 1 atom stereocenters. The summed E-state index contributed by atoms with van der Waals surface area (Å²) in [6, 6.07) is 0. The summed E-state index contributed by atoms with van der Waals surface area (Å²) < 4.78 is 20.7. The summed E-state index contributed by atoms with van der Waals surface area (Å²) in [5, 5.41) is 0. The first-order valence-electron chi connectivity index (χ1n) is 26.3. The normalized spacial score (nSPS) is 12.9. The maximum atomic E-state index is 13.2. The third-order valence-corrected chi connectivity index (χ3v) is 14.0. The van der Waals surface area contributed by atoms with Gasteiger partial charge in [-0.05, 0) is 19.3 Å². The molecule has 0 rings (SSSR count). The predicted molar refractivity (Wildman–Crippen MR) is 252 cm³/mol. The Hall–Kier alpha value is 0.110. The minimum atomic E-state index is -3.70. The zero-order valence-corrected chi connectivity index (χ0v) is 40.0. The molecule has 0 aromatic rings. The average Bonchev–Trinajstić information content (AvgIpc) is 3.19. The monoisotopic (exact) mass is 812 g/mol. The fourth-order valence-electron chi connectivity index (χ4n) is 8.43. The molecule has 0 aromatic carbocycles. The molecule has 5 heteroatoms. The van der Waals surface area contributed by atoms with E-state index >= 15 is 0 Å². The highest BCUT2D eigenvalue weighted by atomic mass is 31.2. The minimum Gasteiger partial charge on any atom is -0.312 e. The van der Waals surface area contributed by atoms with Crippen LogP contribution in [0, 0.1) is 0 Å². The van der Waals surface area contributed by atoms with Crippen LogP contribution in [0.15, 0.2) is 0 Å². The van der Waals surface area contributed by atoms with E-state index in [4.69, 9.17) is 4.52 Å². The van der Waals surface area contributed by atoms with Gasteiger partial charge in [0.2, 0.25) is 0 Å². The van der Waals surface area contributed by atoms with Crippen LogP contribution >= 0.6 is 7.75 Å². The second-order valence-electron chi connectivity index (χ2n) is 18.1. The highest BCUT2D eigenvalue weighted by Gasteiger charge is 2.28. The quantitative estimate of drug-likeness (QED) is 0.0491. The van der Waals surface area contributed by atoms with Crippen molar-refractivity contribution in [1.82, 2.24) is 4.67 Å². The van der Waals surface area contributed by atoms with Gasteiger partial charge in [0, 0.05) is 13.1 Å². The van der Waals surface area contributed by atoms with Gasteiger partial charge in [-0.1, -0.05) is 290 Å². The van der Waals surface area contributed by atoms with E-state index in [0.29, 0.717) is 19.7 Å². The molecule has 1 N–H and O–H groups in total. The topological polar surface area (TPSA) is 49.8 Å². The van der Waals surface area contributed by atoms with Crippen molar-refractivity contribution in [3.8, 4) is 0 Å². The molecule has 0 aliphatic heterocycles. The van der Waals surface area contributed by atoms with E-state index in [1.54, 1.807) is 0 Å².